The largest absolute Gasteiger partial charge is 0.506 e. The predicted octanol–water partition coefficient (Wildman–Crippen LogP) is 3.99. The summed E-state index contributed by atoms with van der Waals surface area (Å²) >= 11 is 12.1. The zero-order chi connectivity index (χ0) is 15.4. The summed E-state index contributed by atoms with van der Waals surface area (Å²) in [6.45, 7) is 0.487. The monoisotopic (exact) mass is 325 g/mol. The summed E-state index contributed by atoms with van der Waals surface area (Å²) in [5.41, 5.74) is 7.95. The van der Waals surface area contributed by atoms with Gasteiger partial charge in [0, 0.05) is 5.92 Å². The van der Waals surface area contributed by atoms with Gasteiger partial charge >= 0.3 is 0 Å². The number of halogens is 2. The van der Waals surface area contributed by atoms with Crippen molar-refractivity contribution in [3.05, 3.63) is 57.6 Å². The summed E-state index contributed by atoms with van der Waals surface area (Å²) in [5.74, 6) is 0.843. The first kappa shape index (κ1) is 16.0. The van der Waals surface area contributed by atoms with Crippen molar-refractivity contribution < 1.29 is 9.84 Å². The number of phenolic OH excluding ortho intramolecular Hbond substituents is 1. The molecule has 1 unspecified atom stereocenters. The first-order chi connectivity index (χ1) is 10.0. The standard InChI is InChI=1S/C16H17Cl2NO2/c1-21-16-5-3-11(8-14(16)18)12(9-19)6-10-2-4-15(20)13(17)7-10/h2-5,7-8,12,20H,6,9,19H2,1H3. The van der Waals surface area contributed by atoms with Gasteiger partial charge in [0.25, 0.3) is 0 Å². The van der Waals surface area contributed by atoms with Crippen LogP contribution < -0.4 is 10.5 Å². The molecule has 3 N–H and O–H groups in total. The third-order valence-corrected chi connectivity index (χ3v) is 4.02. The lowest BCUT2D eigenvalue weighted by molar-refractivity contribution is 0.414. The second-order valence-electron chi connectivity index (χ2n) is 4.82. The van der Waals surface area contributed by atoms with E-state index in [4.69, 9.17) is 33.7 Å². The lowest BCUT2D eigenvalue weighted by Gasteiger charge is -2.17. The Labute approximate surface area is 134 Å². The molecule has 0 saturated carbocycles. The molecule has 0 radical (unpaired) electrons. The first-order valence-electron chi connectivity index (χ1n) is 6.56. The number of benzene rings is 2. The molecular weight excluding hydrogens is 309 g/mol. The Balaban J connectivity index is 2.23. The molecule has 112 valence electrons. The molecule has 0 fully saturated rings. The average Bonchev–Trinajstić information content (AvgIpc) is 2.48. The van der Waals surface area contributed by atoms with Crippen LogP contribution in [0.5, 0.6) is 11.5 Å². The van der Waals surface area contributed by atoms with Crippen LogP contribution in [0.15, 0.2) is 36.4 Å². The van der Waals surface area contributed by atoms with Gasteiger partial charge < -0.3 is 15.6 Å². The molecule has 2 aromatic carbocycles. The van der Waals surface area contributed by atoms with E-state index < -0.39 is 0 Å². The Bertz CT molecular complexity index is 632. The van der Waals surface area contributed by atoms with E-state index >= 15 is 0 Å². The quantitative estimate of drug-likeness (QED) is 0.873. The van der Waals surface area contributed by atoms with Crippen molar-refractivity contribution in [3.8, 4) is 11.5 Å². The molecule has 5 heteroatoms. The van der Waals surface area contributed by atoms with Crippen LogP contribution >= 0.6 is 23.2 Å². The van der Waals surface area contributed by atoms with E-state index in [0.717, 1.165) is 17.5 Å². The number of hydrogen-bond donors (Lipinski definition) is 2. The minimum absolute atomic E-state index is 0.0807. The maximum absolute atomic E-state index is 9.46. The van der Waals surface area contributed by atoms with Gasteiger partial charge in [0.1, 0.15) is 11.5 Å². The van der Waals surface area contributed by atoms with Crippen molar-refractivity contribution in [2.45, 2.75) is 12.3 Å². The first-order valence-corrected chi connectivity index (χ1v) is 7.31. The topological polar surface area (TPSA) is 55.5 Å². The molecule has 21 heavy (non-hydrogen) atoms. The second-order valence-corrected chi connectivity index (χ2v) is 5.63. The fourth-order valence-corrected chi connectivity index (χ4v) is 2.71. The zero-order valence-electron chi connectivity index (χ0n) is 11.6. The van der Waals surface area contributed by atoms with Gasteiger partial charge in [-0.1, -0.05) is 35.3 Å². The van der Waals surface area contributed by atoms with E-state index in [2.05, 4.69) is 0 Å². The van der Waals surface area contributed by atoms with Crippen LogP contribution in [-0.4, -0.2) is 18.8 Å². The lowest BCUT2D eigenvalue weighted by atomic mass is 9.92. The fourth-order valence-electron chi connectivity index (χ4n) is 2.24. The van der Waals surface area contributed by atoms with Crippen molar-refractivity contribution in [1.82, 2.24) is 0 Å². The molecular formula is C16H17Cl2NO2. The highest BCUT2D eigenvalue weighted by Crippen LogP contribution is 2.31. The number of phenols is 1. The number of rotatable bonds is 5. The third-order valence-electron chi connectivity index (χ3n) is 3.43. The van der Waals surface area contributed by atoms with E-state index in [1.807, 2.05) is 24.3 Å². The summed E-state index contributed by atoms with van der Waals surface area (Å²) in [4.78, 5) is 0. The summed E-state index contributed by atoms with van der Waals surface area (Å²) < 4.78 is 5.15. The van der Waals surface area contributed by atoms with Crippen LogP contribution in [0, 0.1) is 0 Å². The highest BCUT2D eigenvalue weighted by molar-refractivity contribution is 6.32. The number of methoxy groups -OCH3 is 1. The van der Waals surface area contributed by atoms with Crippen molar-refractivity contribution >= 4 is 23.2 Å². The molecule has 0 aliphatic heterocycles. The fraction of sp³-hybridized carbons (Fsp3) is 0.250. The molecule has 2 aromatic rings. The van der Waals surface area contributed by atoms with E-state index in [1.54, 1.807) is 19.2 Å². The summed E-state index contributed by atoms with van der Waals surface area (Å²) in [5, 5.41) is 10.4. The summed E-state index contributed by atoms with van der Waals surface area (Å²) in [6, 6.07) is 10.9. The Hall–Kier alpha value is -1.42. The third kappa shape index (κ3) is 3.82. The van der Waals surface area contributed by atoms with Crippen LogP contribution in [-0.2, 0) is 6.42 Å². The molecule has 0 amide bonds. The molecule has 1 atom stereocenters. The minimum Gasteiger partial charge on any atom is -0.506 e. The molecule has 2 rings (SSSR count). The van der Waals surface area contributed by atoms with Crippen molar-refractivity contribution in [2.75, 3.05) is 13.7 Å². The van der Waals surface area contributed by atoms with Gasteiger partial charge in [-0.15, -0.1) is 0 Å². The molecule has 0 saturated heterocycles. The number of aromatic hydroxyl groups is 1. The maximum atomic E-state index is 9.46. The van der Waals surface area contributed by atoms with E-state index in [-0.39, 0.29) is 11.7 Å². The molecule has 0 spiro atoms. The highest BCUT2D eigenvalue weighted by atomic mass is 35.5. The van der Waals surface area contributed by atoms with Crippen LogP contribution in [0.1, 0.15) is 17.0 Å². The van der Waals surface area contributed by atoms with Crippen molar-refractivity contribution in [3.63, 3.8) is 0 Å². The van der Waals surface area contributed by atoms with Gasteiger partial charge in [-0.25, -0.2) is 0 Å². The predicted molar refractivity (Wildman–Crippen MR) is 86.6 cm³/mol. The van der Waals surface area contributed by atoms with E-state index in [9.17, 15) is 5.11 Å². The maximum Gasteiger partial charge on any atom is 0.137 e. The molecule has 0 aromatic heterocycles. The Morgan fingerprint density at radius 3 is 2.48 bits per heavy atom. The van der Waals surface area contributed by atoms with Crippen molar-refractivity contribution in [2.24, 2.45) is 5.73 Å². The lowest BCUT2D eigenvalue weighted by Crippen LogP contribution is -2.15. The SMILES string of the molecule is COc1ccc(C(CN)Cc2ccc(O)c(Cl)c2)cc1Cl. The Kier molecular flexibility index (Phi) is 5.34. The Morgan fingerprint density at radius 1 is 1.14 bits per heavy atom. The minimum atomic E-state index is 0.0807. The Morgan fingerprint density at radius 2 is 1.90 bits per heavy atom. The van der Waals surface area contributed by atoms with Gasteiger partial charge in [-0.05, 0) is 48.4 Å². The highest BCUT2D eigenvalue weighted by Gasteiger charge is 2.13. The van der Waals surface area contributed by atoms with Gasteiger partial charge in [-0.2, -0.15) is 0 Å². The van der Waals surface area contributed by atoms with Gasteiger partial charge in [-0.3, -0.25) is 0 Å². The van der Waals surface area contributed by atoms with Crippen molar-refractivity contribution in [1.29, 1.82) is 0 Å². The second kappa shape index (κ2) is 7.03. The molecule has 0 heterocycles. The summed E-state index contributed by atoms with van der Waals surface area (Å²) in [6.07, 6.45) is 0.721. The molecule has 0 aliphatic carbocycles. The number of nitrogens with two attached hydrogens (primary N) is 1. The van der Waals surface area contributed by atoms with E-state index in [0.29, 0.717) is 22.3 Å². The van der Waals surface area contributed by atoms with Gasteiger partial charge in [0.15, 0.2) is 0 Å². The molecule has 3 nitrogen and oxygen atoms in total. The van der Waals surface area contributed by atoms with Crippen LogP contribution in [0.25, 0.3) is 0 Å². The normalized spacial score (nSPS) is 12.2. The number of ether oxygens (including phenoxy) is 1. The van der Waals surface area contributed by atoms with Gasteiger partial charge in [0.2, 0.25) is 0 Å². The smallest absolute Gasteiger partial charge is 0.137 e. The van der Waals surface area contributed by atoms with Crippen LogP contribution in [0.3, 0.4) is 0 Å². The van der Waals surface area contributed by atoms with E-state index in [1.165, 1.54) is 0 Å². The average molecular weight is 326 g/mol. The molecule has 0 aliphatic rings. The zero-order valence-corrected chi connectivity index (χ0v) is 13.2. The van der Waals surface area contributed by atoms with Crippen LogP contribution in [0.4, 0.5) is 0 Å². The molecule has 0 bridgehead atoms. The summed E-state index contributed by atoms with van der Waals surface area (Å²) in [7, 11) is 1.58. The number of hydrogen-bond acceptors (Lipinski definition) is 3. The van der Waals surface area contributed by atoms with Crippen LogP contribution in [0.2, 0.25) is 10.0 Å². The van der Waals surface area contributed by atoms with Gasteiger partial charge in [0.05, 0.1) is 17.2 Å².